The monoisotopic (exact) mass is 430 g/mol. The van der Waals surface area contributed by atoms with Crippen LogP contribution in [0.1, 0.15) is 42.9 Å². The minimum Gasteiger partial charge on any atom is -0.330 e. The average molecular weight is 431 g/mol. The van der Waals surface area contributed by atoms with Crippen LogP contribution in [0, 0.1) is 23.8 Å². The molecular formula is C24H26N6O2. The van der Waals surface area contributed by atoms with Gasteiger partial charge in [-0.25, -0.2) is 4.85 Å². The number of carbonyl (C=O) groups excluding carboxylic acids is 2. The highest BCUT2D eigenvalue weighted by Gasteiger charge is 2.56. The zero-order valence-corrected chi connectivity index (χ0v) is 17.9. The van der Waals surface area contributed by atoms with Crippen molar-refractivity contribution in [3.63, 3.8) is 0 Å². The smallest absolute Gasteiger partial charge is 0.242 e. The van der Waals surface area contributed by atoms with Crippen molar-refractivity contribution in [2.24, 2.45) is 11.7 Å². The highest BCUT2D eigenvalue weighted by Crippen LogP contribution is 2.48. The molecule has 2 N–H and O–H groups in total. The number of benzene rings is 1. The average Bonchev–Trinajstić information content (AvgIpc) is 3.14. The van der Waals surface area contributed by atoms with Crippen LogP contribution < -0.4 is 5.73 Å². The highest BCUT2D eigenvalue weighted by atomic mass is 16.2. The van der Waals surface area contributed by atoms with Gasteiger partial charge in [0.15, 0.2) is 5.69 Å². The Morgan fingerprint density at radius 2 is 2.16 bits per heavy atom. The van der Waals surface area contributed by atoms with E-state index in [9.17, 15) is 14.9 Å². The Morgan fingerprint density at radius 1 is 1.31 bits per heavy atom. The molecule has 3 heterocycles. The van der Waals surface area contributed by atoms with Gasteiger partial charge >= 0.3 is 0 Å². The Balaban J connectivity index is 1.13. The Hall–Kier alpha value is -2.94. The molecule has 4 fully saturated rings. The van der Waals surface area contributed by atoms with Gasteiger partial charge in [0.1, 0.15) is 6.04 Å². The largest absolute Gasteiger partial charge is 0.330 e. The van der Waals surface area contributed by atoms with Crippen LogP contribution in [0.25, 0.3) is 4.85 Å². The van der Waals surface area contributed by atoms with E-state index in [2.05, 4.69) is 20.7 Å². The molecule has 7 atom stereocenters. The zero-order valence-electron chi connectivity index (χ0n) is 17.9. The fourth-order valence-electron chi connectivity index (χ4n) is 6.65. The number of aryl methyl sites for hydroxylation is 1. The molecule has 1 aromatic rings. The van der Waals surface area contributed by atoms with E-state index >= 15 is 0 Å². The Morgan fingerprint density at radius 3 is 2.91 bits per heavy atom. The SMILES string of the molecule is [C-]#[N+]c1ccc2c(c1)CC[C@H]2N1C(=O)[C@@H]2C[C@H]1CN2C[C@H](N)C(=O)N1C2C[C@H]2C[C@H]1C#N. The van der Waals surface area contributed by atoms with Crippen LogP contribution in [0.15, 0.2) is 18.2 Å². The zero-order chi connectivity index (χ0) is 22.1. The van der Waals surface area contributed by atoms with Crippen molar-refractivity contribution in [1.82, 2.24) is 14.7 Å². The van der Waals surface area contributed by atoms with E-state index < -0.39 is 6.04 Å². The molecule has 1 saturated carbocycles. The second kappa shape index (κ2) is 7.03. The number of nitriles is 1. The molecule has 6 rings (SSSR count). The van der Waals surface area contributed by atoms with Crippen LogP contribution in [0.4, 0.5) is 5.69 Å². The van der Waals surface area contributed by atoms with Gasteiger partial charge < -0.3 is 15.5 Å². The lowest BCUT2D eigenvalue weighted by molar-refractivity contribution is -0.141. The van der Waals surface area contributed by atoms with Gasteiger partial charge in [0.2, 0.25) is 11.8 Å². The van der Waals surface area contributed by atoms with Gasteiger partial charge in [-0.2, -0.15) is 5.26 Å². The predicted octanol–water partition coefficient (Wildman–Crippen LogP) is 1.35. The molecule has 3 saturated heterocycles. The number of carbonyl (C=O) groups is 2. The number of fused-ring (bicyclic) bond motifs is 4. The van der Waals surface area contributed by atoms with Crippen LogP contribution in [0.2, 0.25) is 0 Å². The highest BCUT2D eigenvalue weighted by molar-refractivity contribution is 5.87. The van der Waals surface area contributed by atoms with Crippen LogP contribution in [0.5, 0.6) is 0 Å². The summed E-state index contributed by atoms with van der Waals surface area (Å²) in [7, 11) is 0. The number of piperidine rings is 1. The molecule has 0 aromatic heterocycles. The number of rotatable bonds is 4. The van der Waals surface area contributed by atoms with Gasteiger partial charge in [-0.05, 0) is 43.6 Å². The maximum absolute atomic E-state index is 13.3. The molecule has 8 nitrogen and oxygen atoms in total. The van der Waals surface area contributed by atoms with Gasteiger partial charge in [-0.15, -0.1) is 0 Å². The topological polar surface area (TPSA) is 98.0 Å². The van der Waals surface area contributed by atoms with E-state index in [1.165, 1.54) is 11.1 Å². The van der Waals surface area contributed by atoms with Gasteiger partial charge in [0.05, 0.1) is 30.8 Å². The number of nitrogens with two attached hydrogens (primary N) is 1. The number of piperazine rings is 1. The number of likely N-dealkylation sites (tertiary alicyclic amines) is 3. The summed E-state index contributed by atoms with van der Waals surface area (Å²) in [5.74, 6) is 0.453. The number of hydrogen-bond acceptors (Lipinski definition) is 5. The minimum atomic E-state index is -0.704. The van der Waals surface area contributed by atoms with E-state index in [0.717, 1.165) is 38.6 Å². The first-order valence-electron chi connectivity index (χ1n) is 11.5. The van der Waals surface area contributed by atoms with Crippen LogP contribution in [0.3, 0.4) is 0 Å². The third kappa shape index (κ3) is 2.80. The maximum atomic E-state index is 13.3. The second-order valence-electron chi connectivity index (χ2n) is 9.95. The van der Waals surface area contributed by atoms with Crippen molar-refractivity contribution in [1.29, 1.82) is 5.26 Å². The van der Waals surface area contributed by atoms with Crippen molar-refractivity contribution < 1.29 is 9.59 Å². The molecule has 164 valence electrons. The van der Waals surface area contributed by atoms with Crippen molar-refractivity contribution in [3.05, 3.63) is 40.7 Å². The summed E-state index contributed by atoms with van der Waals surface area (Å²) in [6.45, 7) is 8.32. The summed E-state index contributed by atoms with van der Waals surface area (Å²) < 4.78 is 0. The normalized spacial score (nSPS) is 35.4. The number of hydrogen-bond donors (Lipinski definition) is 1. The quantitative estimate of drug-likeness (QED) is 0.727. The fraction of sp³-hybridized carbons (Fsp3) is 0.583. The fourth-order valence-corrected chi connectivity index (χ4v) is 6.65. The predicted molar refractivity (Wildman–Crippen MR) is 115 cm³/mol. The number of nitrogens with zero attached hydrogens (tertiary/aromatic N) is 5. The molecule has 2 bridgehead atoms. The summed E-state index contributed by atoms with van der Waals surface area (Å²) in [4.78, 5) is 35.7. The summed E-state index contributed by atoms with van der Waals surface area (Å²) in [5, 5.41) is 9.38. The van der Waals surface area contributed by atoms with Crippen LogP contribution >= 0.6 is 0 Å². The molecule has 0 radical (unpaired) electrons. The third-order valence-electron chi connectivity index (χ3n) is 8.21. The van der Waals surface area contributed by atoms with Crippen molar-refractivity contribution in [2.75, 3.05) is 13.1 Å². The van der Waals surface area contributed by atoms with Crippen LogP contribution in [-0.2, 0) is 16.0 Å². The first kappa shape index (κ1) is 19.7. The first-order chi connectivity index (χ1) is 15.5. The van der Waals surface area contributed by atoms with E-state index in [0.29, 0.717) is 18.2 Å². The van der Waals surface area contributed by atoms with E-state index in [-0.39, 0.29) is 42.0 Å². The first-order valence-corrected chi connectivity index (χ1v) is 11.5. The maximum Gasteiger partial charge on any atom is 0.242 e. The lowest BCUT2D eigenvalue weighted by Gasteiger charge is -2.38. The number of amides is 2. The van der Waals surface area contributed by atoms with Gasteiger partial charge in [-0.3, -0.25) is 14.5 Å². The summed E-state index contributed by atoms with van der Waals surface area (Å²) in [6, 6.07) is 7.20. The van der Waals surface area contributed by atoms with Crippen molar-refractivity contribution in [3.8, 4) is 6.07 Å². The summed E-state index contributed by atoms with van der Waals surface area (Å²) in [6.07, 6.45) is 4.32. The molecule has 3 aliphatic heterocycles. The van der Waals surface area contributed by atoms with E-state index in [4.69, 9.17) is 12.3 Å². The molecule has 8 heteroatoms. The van der Waals surface area contributed by atoms with Gasteiger partial charge in [0.25, 0.3) is 0 Å². The second-order valence-corrected chi connectivity index (χ2v) is 9.95. The molecule has 0 spiro atoms. The van der Waals surface area contributed by atoms with Gasteiger partial charge in [0, 0.05) is 25.2 Å². The van der Waals surface area contributed by atoms with E-state index in [1.807, 2.05) is 18.2 Å². The standard InChI is InChI=1S/C24H26N6O2/c1-27-15-3-4-18-13(6-15)2-5-20(18)30-17-9-22(24(30)32)28(11-17)12-19(26)23(31)29-16(10-25)7-14-8-21(14)29/h3-4,6,14,16-17,19-22H,2,5,7-9,11-12,26H2/t14-,16+,17+,19+,20-,21?,22+/m1/s1. The summed E-state index contributed by atoms with van der Waals surface area (Å²) >= 11 is 0. The molecular weight excluding hydrogens is 404 g/mol. The van der Waals surface area contributed by atoms with Crippen LogP contribution in [-0.4, -0.2) is 69.8 Å². The van der Waals surface area contributed by atoms with Crippen molar-refractivity contribution >= 4 is 17.5 Å². The molecule has 1 aromatic carbocycles. The third-order valence-corrected chi connectivity index (χ3v) is 8.21. The molecule has 1 unspecified atom stereocenters. The molecule has 2 amide bonds. The van der Waals surface area contributed by atoms with Crippen molar-refractivity contribution in [2.45, 2.75) is 68.4 Å². The Labute approximate surface area is 187 Å². The Bertz CT molecular complexity index is 1090. The molecule has 32 heavy (non-hydrogen) atoms. The molecule has 5 aliphatic rings. The lowest BCUT2D eigenvalue weighted by Crippen LogP contribution is -2.57. The molecule has 2 aliphatic carbocycles. The lowest BCUT2D eigenvalue weighted by atomic mass is 10.0. The van der Waals surface area contributed by atoms with Gasteiger partial charge in [-0.1, -0.05) is 23.8 Å². The van der Waals surface area contributed by atoms with E-state index in [1.54, 1.807) is 4.90 Å². The minimum absolute atomic E-state index is 0.0810. The Kier molecular flexibility index (Phi) is 4.33. The summed E-state index contributed by atoms with van der Waals surface area (Å²) in [5.41, 5.74) is 9.31.